The maximum absolute atomic E-state index is 10.0. The van der Waals surface area contributed by atoms with Crippen LogP contribution < -0.4 is 0 Å². The summed E-state index contributed by atoms with van der Waals surface area (Å²) in [5.41, 5.74) is 0. The molecule has 0 aliphatic heterocycles. The molecule has 0 aromatic rings. The molecule has 0 N–H and O–H groups in total. The van der Waals surface area contributed by atoms with Crippen molar-refractivity contribution in [1.29, 1.82) is 0 Å². The first-order valence-electron chi connectivity index (χ1n) is 2.49. The Bertz CT molecular complexity index is 199. The van der Waals surface area contributed by atoms with Gasteiger partial charge in [-0.05, 0) is 0 Å². The molecule has 0 unspecified atom stereocenters. The van der Waals surface area contributed by atoms with Crippen LogP contribution in [0.15, 0.2) is 9.98 Å². The van der Waals surface area contributed by atoms with Gasteiger partial charge in [0.2, 0.25) is 0 Å². The van der Waals surface area contributed by atoms with E-state index >= 15 is 0 Å². The van der Waals surface area contributed by atoms with Gasteiger partial charge in [0.15, 0.2) is 0 Å². The fourth-order valence-corrected chi connectivity index (χ4v) is 0.327. The number of aliphatic imine (C=N–C) groups is 2. The van der Waals surface area contributed by atoms with Crippen LogP contribution in [0.25, 0.3) is 0 Å². The molecular weight excluding hydrogens is 130 g/mol. The average molecular weight is 134 g/mol. The Balaban J connectivity index is 4.06. The summed E-state index contributed by atoms with van der Waals surface area (Å²) < 4.78 is 9.67. The molecule has 0 aliphatic rings. The predicted octanol–water partition coefficient (Wildman–Crippen LogP) is -0.229. The summed E-state index contributed by atoms with van der Waals surface area (Å²) in [5.74, 6) is -0.653. The third-order valence-electron chi connectivity index (χ3n) is 0.594. The van der Waals surface area contributed by atoms with Gasteiger partial charge in [0, 0.05) is 0 Å². The molecule has 0 aromatic carbocycles. The van der Waals surface area contributed by atoms with Gasteiger partial charge in [-0.15, -0.1) is 0 Å². The fraction of sp³-hybridized carbons (Fsp3) is 0.250. The number of hydrogen-bond acceptors (Lipinski definition) is 2. The minimum atomic E-state index is -0.819. The Kier molecular flexibility index (Phi) is 4.28. The van der Waals surface area contributed by atoms with Gasteiger partial charge < -0.3 is 0 Å². The predicted molar refractivity (Wildman–Crippen MR) is 39.2 cm³/mol. The van der Waals surface area contributed by atoms with E-state index in [9.17, 15) is 9.50 Å². The Morgan fingerprint density at radius 3 is 2.70 bits per heavy atom. The van der Waals surface area contributed by atoms with Crippen molar-refractivity contribution in [3.63, 3.8) is 0 Å². The molecule has 0 saturated heterocycles. The van der Waals surface area contributed by atoms with E-state index in [0.717, 1.165) is 6.11 Å². The van der Waals surface area contributed by atoms with Crippen molar-refractivity contribution in [2.24, 2.45) is 9.98 Å². The van der Waals surface area contributed by atoms with Crippen LogP contribution in [0.5, 0.6) is 0 Å². The molecule has 0 atom stereocenters. The second kappa shape index (κ2) is 4.78. The zero-order valence-corrected chi connectivity index (χ0v) is 5.44. The summed E-state index contributed by atoms with van der Waals surface area (Å²) in [6, 6.07) is 0. The van der Waals surface area contributed by atoms with Gasteiger partial charge in [0.25, 0.3) is 0 Å². The molecule has 6 heteroatoms. The van der Waals surface area contributed by atoms with E-state index in [0.29, 0.717) is 7.15 Å². The molecule has 2 radical (unpaired) electrons. The van der Waals surface area contributed by atoms with Crippen LogP contribution in [-0.4, -0.2) is 32.8 Å². The van der Waals surface area contributed by atoms with E-state index in [1.54, 1.807) is 0 Å². The van der Waals surface area contributed by atoms with Crippen molar-refractivity contribution in [2.75, 3.05) is 0 Å². The number of rotatable bonds is 1. The molecule has 0 saturated carbocycles. The first-order valence-corrected chi connectivity index (χ1v) is 2.49. The van der Waals surface area contributed by atoms with Crippen molar-refractivity contribution in [3.05, 3.63) is 0 Å². The summed E-state index contributed by atoms with van der Waals surface area (Å²) >= 11 is 0. The van der Waals surface area contributed by atoms with Gasteiger partial charge >= 0.3 is 59.2 Å². The molecule has 4 nitrogen and oxygen atoms in total. The van der Waals surface area contributed by atoms with Crippen LogP contribution in [0.2, 0.25) is 0 Å². The standard InChI is InChI=1S/C4H4B2N2O2/c1-3(7-2-6-10)8-4(5)9/h2H,1H3. The molecule has 1 amide bonds. The molecule has 0 bridgehead atoms. The zero-order valence-electron chi connectivity index (χ0n) is 5.44. The molecule has 0 rings (SSSR count). The van der Waals surface area contributed by atoms with Crippen molar-refractivity contribution in [2.45, 2.75) is 6.92 Å². The van der Waals surface area contributed by atoms with E-state index in [4.69, 9.17) is 0 Å². The first kappa shape index (κ1) is 8.94. The molecule has 0 aliphatic carbocycles. The Labute approximate surface area is 60.1 Å². The van der Waals surface area contributed by atoms with Gasteiger partial charge in [-0.25, -0.2) is 0 Å². The molecule has 10 heavy (non-hydrogen) atoms. The van der Waals surface area contributed by atoms with E-state index in [1.807, 2.05) is 0 Å². The molecule has 0 aromatic heterocycles. The van der Waals surface area contributed by atoms with Gasteiger partial charge in [-0.1, -0.05) is 0 Å². The minimum absolute atomic E-state index is 0.166. The van der Waals surface area contributed by atoms with Crippen LogP contribution >= 0.6 is 0 Å². The van der Waals surface area contributed by atoms with Crippen LogP contribution in [0.3, 0.4) is 0 Å². The number of nitrogens with zero attached hydrogens (tertiary/aromatic N) is 2. The topological polar surface area (TPSA) is 58.9 Å². The van der Waals surface area contributed by atoms with E-state index in [-0.39, 0.29) is 5.84 Å². The summed E-state index contributed by atoms with van der Waals surface area (Å²) in [4.78, 5) is 16.7. The fourth-order valence-electron chi connectivity index (χ4n) is 0.327. The van der Waals surface area contributed by atoms with Gasteiger partial charge in [-0.3, -0.25) is 0 Å². The number of amidine groups is 1. The molecule has 0 heterocycles. The second-order valence-corrected chi connectivity index (χ2v) is 1.41. The van der Waals surface area contributed by atoms with Gasteiger partial charge in [0.1, 0.15) is 0 Å². The summed E-state index contributed by atoms with van der Waals surface area (Å²) in [7, 11) is 5.16. The van der Waals surface area contributed by atoms with Crippen LogP contribution in [0.4, 0.5) is 4.79 Å². The van der Waals surface area contributed by atoms with Crippen molar-refractivity contribution < 1.29 is 9.50 Å². The summed E-state index contributed by atoms with van der Waals surface area (Å²) in [6.45, 7) is 1.46. The molecule has 0 spiro atoms. The second-order valence-electron chi connectivity index (χ2n) is 1.41. The zero-order chi connectivity index (χ0) is 7.98. The van der Waals surface area contributed by atoms with Crippen molar-refractivity contribution in [1.82, 2.24) is 0 Å². The maximum atomic E-state index is 10.0. The van der Waals surface area contributed by atoms with E-state index in [1.165, 1.54) is 6.92 Å². The number of amides is 1. The van der Waals surface area contributed by atoms with Crippen molar-refractivity contribution >= 4 is 32.8 Å². The Morgan fingerprint density at radius 1 is 1.70 bits per heavy atom. The molecule has 48 valence electrons. The normalized spacial score (nSPS) is 11.5. The van der Waals surface area contributed by atoms with Crippen LogP contribution in [0.1, 0.15) is 6.92 Å². The van der Waals surface area contributed by atoms with Gasteiger partial charge in [0.05, 0.1) is 0 Å². The monoisotopic (exact) mass is 134 g/mol. The number of carbonyl (C=O) groups excluding carboxylic acids is 1. The summed E-state index contributed by atoms with van der Waals surface area (Å²) in [6.07, 6.45) is 0.988. The SMILES string of the molecule is [B]C(=O)N=C(C)N=CB=O. The Morgan fingerprint density at radius 2 is 2.30 bits per heavy atom. The van der Waals surface area contributed by atoms with Crippen molar-refractivity contribution in [3.8, 4) is 0 Å². The van der Waals surface area contributed by atoms with Crippen LogP contribution in [0, 0.1) is 0 Å². The van der Waals surface area contributed by atoms with Crippen LogP contribution in [-0.2, 0) is 4.70 Å². The Hall–Kier alpha value is -1.06. The third-order valence-corrected chi connectivity index (χ3v) is 0.594. The number of hydrogen-bond donors (Lipinski definition) is 0. The quantitative estimate of drug-likeness (QED) is 0.282. The number of carbonyl (C=O) groups is 1. The first-order chi connectivity index (χ1) is 4.66. The summed E-state index contributed by atoms with van der Waals surface area (Å²) in [5, 5.41) is 0. The van der Waals surface area contributed by atoms with Gasteiger partial charge in [-0.2, -0.15) is 0 Å². The van der Waals surface area contributed by atoms with E-state index < -0.39 is 5.81 Å². The molecular formula is C4H4B2N2O2. The van der Waals surface area contributed by atoms with E-state index in [2.05, 4.69) is 17.8 Å². The third kappa shape index (κ3) is 5.08. The average Bonchev–Trinajstić information content (AvgIpc) is 1.82. The molecule has 0 fully saturated rings.